The normalized spacial score (nSPS) is 20.6. The molecule has 0 N–H and O–H groups in total. The number of rotatable bonds is 1. The molecule has 0 saturated carbocycles. The Kier molecular flexibility index (Phi) is 2.46. The minimum absolute atomic E-state index is 0.443. The van der Waals surface area contributed by atoms with Gasteiger partial charge in [0.2, 0.25) is 12.1 Å². The van der Waals surface area contributed by atoms with Crippen molar-refractivity contribution in [1.29, 1.82) is 0 Å². The fourth-order valence-corrected chi connectivity index (χ4v) is 1.05. The van der Waals surface area contributed by atoms with Crippen molar-refractivity contribution < 1.29 is 19.1 Å². The van der Waals surface area contributed by atoms with E-state index in [4.69, 9.17) is 4.74 Å². The van der Waals surface area contributed by atoms with Crippen LogP contribution in [0.1, 0.15) is 13.8 Å². The molecule has 0 fully saturated rings. The largest absolute Gasteiger partial charge is 0.437 e. The summed E-state index contributed by atoms with van der Waals surface area (Å²) < 4.78 is 4.71. The van der Waals surface area contributed by atoms with Gasteiger partial charge in [-0.2, -0.15) is 0 Å². The molecule has 0 aliphatic carbocycles. The van der Waals surface area contributed by atoms with Gasteiger partial charge in [-0.1, -0.05) is 0 Å². The maximum Gasteiger partial charge on any atom is 0.304 e. The third kappa shape index (κ3) is 1.93. The van der Waals surface area contributed by atoms with E-state index in [0.717, 1.165) is 4.90 Å². The number of hydrogen-bond donors (Lipinski definition) is 0. The minimum Gasteiger partial charge on any atom is -0.437 e. The van der Waals surface area contributed by atoms with E-state index in [1.54, 1.807) is 0 Å². The van der Waals surface area contributed by atoms with Crippen LogP contribution in [0.15, 0.2) is 12.2 Å². The Morgan fingerprint density at radius 2 is 2.08 bits per heavy atom. The van der Waals surface area contributed by atoms with Crippen LogP contribution < -0.4 is 0 Å². The van der Waals surface area contributed by atoms with E-state index in [0.29, 0.717) is 0 Å². The summed E-state index contributed by atoms with van der Waals surface area (Å²) in [5, 5.41) is 0. The van der Waals surface area contributed by atoms with E-state index in [2.05, 4.69) is 0 Å². The zero-order chi connectivity index (χ0) is 10.0. The van der Waals surface area contributed by atoms with Gasteiger partial charge in [-0.15, -0.1) is 0 Å². The van der Waals surface area contributed by atoms with Crippen LogP contribution in [0.5, 0.6) is 0 Å². The fourth-order valence-electron chi connectivity index (χ4n) is 1.05. The van der Waals surface area contributed by atoms with Gasteiger partial charge in [0, 0.05) is 19.9 Å². The molecule has 0 aromatic heterocycles. The molecule has 0 spiro atoms. The Morgan fingerprint density at radius 1 is 1.46 bits per heavy atom. The van der Waals surface area contributed by atoms with Crippen molar-refractivity contribution in [2.24, 2.45) is 0 Å². The maximum atomic E-state index is 11.0. The zero-order valence-electron chi connectivity index (χ0n) is 7.31. The van der Waals surface area contributed by atoms with Gasteiger partial charge < -0.3 is 4.74 Å². The van der Waals surface area contributed by atoms with Crippen molar-refractivity contribution >= 4 is 17.8 Å². The topological polar surface area (TPSA) is 63.7 Å². The first kappa shape index (κ1) is 9.44. The van der Waals surface area contributed by atoms with Crippen molar-refractivity contribution in [3.63, 3.8) is 0 Å². The molecule has 0 aromatic rings. The molecule has 0 radical (unpaired) electrons. The number of amides is 2. The zero-order valence-corrected chi connectivity index (χ0v) is 7.31. The number of carbonyl (C=O) groups excluding carboxylic acids is 3. The van der Waals surface area contributed by atoms with Crippen LogP contribution in [-0.4, -0.2) is 28.9 Å². The molecule has 1 rings (SSSR count). The molecular formula is C8H9NO4. The van der Waals surface area contributed by atoms with E-state index >= 15 is 0 Å². The highest BCUT2D eigenvalue weighted by atomic mass is 16.6. The van der Waals surface area contributed by atoms with Crippen LogP contribution in [0.3, 0.4) is 0 Å². The molecule has 1 atom stereocenters. The van der Waals surface area contributed by atoms with Crippen molar-refractivity contribution in [1.82, 2.24) is 4.90 Å². The van der Waals surface area contributed by atoms with Gasteiger partial charge in [-0.3, -0.25) is 14.4 Å². The lowest BCUT2D eigenvalue weighted by atomic mass is 10.5. The number of hydrogen-bond acceptors (Lipinski definition) is 4. The molecule has 2 amide bonds. The summed E-state index contributed by atoms with van der Waals surface area (Å²) >= 11 is 0. The minimum atomic E-state index is -0.873. The van der Waals surface area contributed by atoms with Crippen LogP contribution in [0.25, 0.3) is 0 Å². The molecule has 5 heteroatoms. The Labute approximate surface area is 75.0 Å². The van der Waals surface area contributed by atoms with Crippen LogP contribution in [0, 0.1) is 0 Å². The lowest BCUT2D eigenvalue weighted by molar-refractivity contribution is -0.160. The standard InChI is InChI=1S/C8H9NO4/c1-5(10)9-7(12)3-4-8(9)13-6(2)11/h3-4,8H,1-2H3. The highest BCUT2D eigenvalue weighted by molar-refractivity contribution is 6.02. The molecule has 13 heavy (non-hydrogen) atoms. The molecule has 1 aliphatic rings. The molecule has 70 valence electrons. The second-order valence-electron chi connectivity index (χ2n) is 2.59. The predicted molar refractivity (Wildman–Crippen MR) is 42.2 cm³/mol. The summed E-state index contributed by atoms with van der Waals surface area (Å²) in [5.74, 6) is -1.43. The lowest BCUT2D eigenvalue weighted by Crippen LogP contribution is -2.40. The monoisotopic (exact) mass is 183 g/mol. The van der Waals surface area contributed by atoms with Gasteiger partial charge in [0.15, 0.2) is 0 Å². The third-order valence-corrected chi connectivity index (χ3v) is 1.52. The van der Waals surface area contributed by atoms with E-state index in [1.165, 1.54) is 26.0 Å². The van der Waals surface area contributed by atoms with Crippen LogP contribution in [-0.2, 0) is 19.1 Å². The van der Waals surface area contributed by atoms with E-state index in [1.807, 2.05) is 0 Å². The van der Waals surface area contributed by atoms with Crippen molar-refractivity contribution in [2.45, 2.75) is 20.1 Å². The quantitative estimate of drug-likeness (QED) is 0.529. The number of carbonyl (C=O) groups is 3. The van der Waals surface area contributed by atoms with E-state index in [9.17, 15) is 14.4 Å². The van der Waals surface area contributed by atoms with Crippen molar-refractivity contribution in [2.75, 3.05) is 0 Å². The summed E-state index contributed by atoms with van der Waals surface area (Å²) in [7, 11) is 0. The molecule has 0 saturated heterocycles. The highest BCUT2D eigenvalue weighted by Gasteiger charge is 2.31. The molecule has 0 aromatic carbocycles. The van der Waals surface area contributed by atoms with Gasteiger partial charge in [-0.05, 0) is 6.08 Å². The Morgan fingerprint density at radius 3 is 2.54 bits per heavy atom. The number of nitrogens with zero attached hydrogens (tertiary/aromatic N) is 1. The SMILES string of the molecule is CC(=O)OC1C=CC(=O)N1C(C)=O. The summed E-state index contributed by atoms with van der Waals surface area (Å²) in [6, 6.07) is 0. The Hall–Kier alpha value is -1.65. The second-order valence-corrected chi connectivity index (χ2v) is 2.59. The Bertz CT molecular complexity index is 295. The smallest absolute Gasteiger partial charge is 0.304 e. The highest BCUT2D eigenvalue weighted by Crippen LogP contribution is 2.12. The van der Waals surface area contributed by atoms with Crippen LogP contribution >= 0.6 is 0 Å². The van der Waals surface area contributed by atoms with E-state index < -0.39 is 24.0 Å². The molecule has 5 nitrogen and oxygen atoms in total. The molecular weight excluding hydrogens is 174 g/mol. The maximum absolute atomic E-state index is 11.0. The molecule has 0 bridgehead atoms. The van der Waals surface area contributed by atoms with Gasteiger partial charge >= 0.3 is 5.97 Å². The average Bonchev–Trinajstić information content (AvgIpc) is 2.30. The number of esters is 1. The second kappa shape index (κ2) is 3.38. The fraction of sp³-hybridized carbons (Fsp3) is 0.375. The third-order valence-electron chi connectivity index (χ3n) is 1.52. The van der Waals surface area contributed by atoms with Crippen LogP contribution in [0.4, 0.5) is 0 Å². The van der Waals surface area contributed by atoms with Gasteiger partial charge in [0.1, 0.15) is 0 Å². The van der Waals surface area contributed by atoms with E-state index in [-0.39, 0.29) is 0 Å². The number of imide groups is 1. The van der Waals surface area contributed by atoms with Gasteiger partial charge in [0.05, 0.1) is 0 Å². The van der Waals surface area contributed by atoms with Crippen molar-refractivity contribution in [3.8, 4) is 0 Å². The summed E-state index contributed by atoms with van der Waals surface area (Å²) in [6.07, 6.45) is 1.70. The predicted octanol–water partition coefficient (Wildman–Crippen LogP) is -0.180. The molecule has 1 unspecified atom stereocenters. The van der Waals surface area contributed by atoms with Gasteiger partial charge in [0.25, 0.3) is 5.91 Å². The average molecular weight is 183 g/mol. The number of ether oxygens (including phenoxy) is 1. The summed E-state index contributed by atoms with van der Waals surface area (Å²) in [4.78, 5) is 33.4. The first-order valence-electron chi connectivity index (χ1n) is 3.71. The lowest BCUT2D eigenvalue weighted by Gasteiger charge is -2.20. The first-order valence-corrected chi connectivity index (χ1v) is 3.71. The first-order chi connectivity index (χ1) is 6.02. The van der Waals surface area contributed by atoms with Crippen LogP contribution in [0.2, 0.25) is 0 Å². The summed E-state index contributed by atoms with van der Waals surface area (Å²) in [5.41, 5.74) is 0. The summed E-state index contributed by atoms with van der Waals surface area (Å²) in [6.45, 7) is 2.45. The molecule has 1 aliphatic heterocycles. The van der Waals surface area contributed by atoms with Gasteiger partial charge in [-0.25, -0.2) is 4.90 Å². The molecule has 1 heterocycles. The Balaban J connectivity index is 2.75. The van der Waals surface area contributed by atoms with Crippen molar-refractivity contribution in [3.05, 3.63) is 12.2 Å².